The van der Waals surface area contributed by atoms with Crippen molar-refractivity contribution in [3.8, 4) is 0 Å². The monoisotopic (exact) mass is 683 g/mol. The maximum atomic E-state index is 16.2. The second kappa shape index (κ2) is 10.9. The van der Waals surface area contributed by atoms with Crippen molar-refractivity contribution in [3.63, 3.8) is 0 Å². The Morgan fingerprint density at radius 2 is 1.51 bits per heavy atom. The first-order chi connectivity index (χ1) is 20.7. The number of aryl methyl sites for hydroxylation is 1. The lowest BCUT2D eigenvalue weighted by Gasteiger charge is -2.44. The van der Waals surface area contributed by atoms with Crippen LogP contribution in [0.4, 0.5) is 35.1 Å². The molecule has 1 amide bonds. The van der Waals surface area contributed by atoms with E-state index in [1.807, 2.05) is 0 Å². The van der Waals surface area contributed by atoms with Gasteiger partial charge in [-0.3, -0.25) is 4.79 Å². The summed E-state index contributed by atoms with van der Waals surface area (Å²) < 4.78 is 140. The molecule has 0 radical (unpaired) electrons. The van der Waals surface area contributed by atoms with Crippen LogP contribution in [-0.4, -0.2) is 54.9 Å². The Balaban J connectivity index is 1.64. The molecule has 3 atom stereocenters. The third kappa shape index (κ3) is 5.05. The van der Waals surface area contributed by atoms with Gasteiger partial charge in [-0.25, -0.2) is 17.2 Å². The van der Waals surface area contributed by atoms with Gasteiger partial charge in [-0.2, -0.15) is 26.3 Å². The zero-order chi connectivity index (χ0) is 33.4. The molecule has 3 unspecified atom stereocenters. The maximum Gasteiger partial charge on any atom is 0.435 e. The number of aliphatic hydroxyl groups is 1. The number of carbonyl (C=O) groups is 1. The lowest BCUT2D eigenvalue weighted by Crippen LogP contribution is -2.56. The number of fused-ring (bicyclic) bond motifs is 3. The van der Waals surface area contributed by atoms with Crippen LogP contribution in [0, 0.1) is 5.92 Å². The van der Waals surface area contributed by atoms with Gasteiger partial charge in [0.15, 0.2) is 15.5 Å². The van der Waals surface area contributed by atoms with E-state index in [2.05, 4.69) is 15.8 Å². The van der Waals surface area contributed by atoms with Gasteiger partial charge in [0.05, 0.1) is 16.7 Å². The van der Waals surface area contributed by atoms with E-state index in [4.69, 9.17) is 0 Å². The Labute approximate surface area is 256 Å². The van der Waals surface area contributed by atoms with E-state index in [9.17, 15) is 44.7 Å². The summed E-state index contributed by atoms with van der Waals surface area (Å²) in [5.74, 6) is -1.51. The highest BCUT2D eigenvalue weighted by Crippen LogP contribution is 2.57. The first-order valence-corrected chi connectivity index (χ1v) is 16.2. The lowest BCUT2D eigenvalue weighted by atomic mass is 9.76. The van der Waals surface area contributed by atoms with Crippen LogP contribution < -0.4 is 5.30 Å². The van der Waals surface area contributed by atoms with Gasteiger partial charge >= 0.3 is 18.0 Å². The Hall–Kier alpha value is -2.73. The smallest absolute Gasteiger partial charge is 0.435 e. The first-order valence-electron chi connectivity index (χ1n) is 14.1. The van der Waals surface area contributed by atoms with Crippen molar-refractivity contribution in [2.45, 2.75) is 84.3 Å². The average Bonchev–Trinajstić information content (AvgIpc) is 3.37. The zero-order valence-corrected chi connectivity index (χ0v) is 25.7. The molecule has 1 aliphatic heterocycles. The summed E-state index contributed by atoms with van der Waals surface area (Å²) >= 11 is 0. The minimum atomic E-state index is -6.37. The van der Waals surface area contributed by atoms with E-state index < -0.39 is 61.7 Å². The average molecular weight is 684 g/mol. The number of sulfone groups is 1. The third-order valence-corrected chi connectivity index (χ3v) is 12.6. The topological polar surface area (TPSA) is 74.7 Å². The van der Waals surface area contributed by atoms with Crippen molar-refractivity contribution in [1.82, 2.24) is 4.90 Å². The molecule has 5 nitrogen and oxygen atoms in total. The van der Waals surface area contributed by atoms with Gasteiger partial charge in [-0.05, 0) is 73.5 Å². The van der Waals surface area contributed by atoms with Crippen molar-refractivity contribution in [2.75, 3.05) is 6.54 Å². The van der Waals surface area contributed by atoms with Crippen molar-refractivity contribution in [1.29, 1.82) is 0 Å². The molecule has 2 aliphatic carbocycles. The van der Waals surface area contributed by atoms with E-state index in [0.29, 0.717) is 11.4 Å². The van der Waals surface area contributed by atoms with Crippen molar-refractivity contribution < 1.29 is 53.4 Å². The second-order valence-corrected chi connectivity index (χ2v) is 14.9. The largest absolute Gasteiger partial charge is 0.513 e. The number of hydrogen-bond donors (Lipinski definition) is 1. The molecule has 2 fully saturated rings. The van der Waals surface area contributed by atoms with E-state index in [-0.39, 0.29) is 79.3 Å². The quantitative estimate of drug-likeness (QED) is 0.217. The highest BCUT2D eigenvalue weighted by atomic mass is 32.2. The Morgan fingerprint density at radius 3 is 2.04 bits per heavy atom. The number of allylic oxidation sites excluding steroid dienone is 1. The maximum absolute atomic E-state index is 16.2. The fraction of sp³-hybridized carbons (Fsp3) is 0.500. The van der Waals surface area contributed by atoms with Crippen LogP contribution in [0.25, 0.3) is 0 Å². The summed E-state index contributed by atoms with van der Waals surface area (Å²) in [5.41, 5.74) is -10.2. The fourth-order valence-corrected chi connectivity index (χ4v) is 9.77. The molecule has 15 heteroatoms. The predicted octanol–water partition coefficient (Wildman–Crippen LogP) is 6.66. The summed E-state index contributed by atoms with van der Waals surface area (Å²) in [5, 5.41) is 10.3. The molecule has 0 aromatic heterocycles. The summed E-state index contributed by atoms with van der Waals surface area (Å²) in [6, 6.07) is 5.76. The summed E-state index contributed by atoms with van der Waals surface area (Å²) in [7, 11) is -2.17. The molecule has 3 aliphatic rings. The summed E-state index contributed by atoms with van der Waals surface area (Å²) in [6.07, 6.45) is -13.9. The van der Waals surface area contributed by atoms with Gasteiger partial charge in [0, 0.05) is 18.0 Å². The van der Waals surface area contributed by atoms with Crippen LogP contribution in [0.1, 0.15) is 55.2 Å². The van der Waals surface area contributed by atoms with E-state index in [0.717, 1.165) is 11.0 Å². The molecule has 0 bridgehead atoms. The van der Waals surface area contributed by atoms with Gasteiger partial charge in [-0.15, -0.1) is 9.24 Å². The first kappa shape index (κ1) is 33.6. The van der Waals surface area contributed by atoms with E-state index in [1.54, 1.807) is 0 Å². The van der Waals surface area contributed by atoms with Crippen molar-refractivity contribution >= 4 is 30.3 Å². The molecule has 45 heavy (non-hydrogen) atoms. The summed E-state index contributed by atoms with van der Waals surface area (Å²) in [4.78, 5) is 14.7. The van der Waals surface area contributed by atoms with Crippen molar-refractivity contribution in [3.05, 3.63) is 71.5 Å². The van der Waals surface area contributed by atoms with Crippen molar-refractivity contribution in [2.24, 2.45) is 5.92 Å². The zero-order valence-electron chi connectivity index (χ0n) is 23.7. The molecule has 2 aromatic rings. The number of amides is 1. The van der Waals surface area contributed by atoms with Crippen LogP contribution in [0.2, 0.25) is 0 Å². The van der Waals surface area contributed by atoms with Crippen LogP contribution in [0.15, 0.2) is 59.7 Å². The number of aliphatic hydroxyl groups excluding tert-OH is 1. The molecule has 2 aromatic carbocycles. The van der Waals surface area contributed by atoms with Gasteiger partial charge in [-0.1, -0.05) is 36.9 Å². The highest BCUT2D eigenvalue weighted by Gasteiger charge is 2.74. The van der Waals surface area contributed by atoms with Gasteiger partial charge < -0.3 is 10.0 Å². The number of benzene rings is 2. The van der Waals surface area contributed by atoms with Gasteiger partial charge in [0.1, 0.15) is 4.75 Å². The standard InChI is InChI=1S/C30H30F8NO4PS/c1-17(40)18-10-12-26(31,13-11-18)25(41)39-15-14-27(45(42,43)22-6-4-21(44)5-7-22)23-8-3-20(16-19(23)2-9-24(27)39)28(32,29(33,34)35)30(36,37)38/h3-8,16,18,24,40H,1-2,9-15,44H2. The Morgan fingerprint density at radius 1 is 0.933 bits per heavy atom. The normalized spacial score (nSPS) is 27.5. The molecule has 1 saturated carbocycles. The minimum Gasteiger partial charge on any atom is -0.513 e. The SMILES string of the molecule is C=C(O)C1CCC(F)(C(=O)N2CCC3(S(=O)(=O)c4ccc(P)cc4)c4ccc(C(F)(C(F)(F)F)C(F)(F)F)cc4CCC23)CC1. The Bertz CT molecular complexity index is 1600. The second-order valence-electron chi connectivity index (χ2n) is 12.0. The van der Waals surface area contributed by atoms with E-state index >= 15 is 8.78 Å². The fourth-order valence-electron chi connectivity index (χ4n) is 7.21. The highest BCUT2D eigenvalue weighted by molar-refractivity contribution is 7.92. The number of likely N-dealkylation sites (tertiary alicyclic amines) is 1. The molecular weight excluding hydrogens is 653 g/mol. The lowest BCUT2D eigenvalue weighted by molar-refractivity contribution is -0.348. The molecule has 0 spiro atoms. The molecular formula is C30H30F8NO4PS. The third-order valence-electron chi connectivity index (χ3n) is 9.63. The van der Waals surface area contributed by atoms with E-state index in [1.165, 1.54) is 24.3 Å². The molecule has 246 valence electrons. The van der Waals surface area contributed by atoms with Crippen LogP contribution in [-0.2, 0) is 31.5 Å². The minimum absolute atomic E-state index is 0.121. The number of rotatable bonds is 5. The number of nitrogens with zero attached hydrogens (tertiary/aromatic N) is 1. The Kier molecular flexibility index (Phi) is 8.16. The molecule has 1 heterocycles. The van der Waals surface area contributed by atoms with Gasteiger partial charge in [0.2, 0.25) is 0 Å². The number of halogens is 8. The molecule has 1 N–H and O–H groups in total. The number of alkyl halides is 8. The van der Waals surface area contributed by atoms with Crippen LogP contribution in [0.5, 0.6) is 0 Å². The van der Waals surface area contributed by atoms with Crippen LogP contribution >= 0.6 is 9.24 Å². The molecule has 5 rings (SSSR count). The predicted molar refractivity (Wildman–Crippen MR) is 152 cm³/mol. The summed E-state index contributed by atoms with van der Waals surface area (Å²) in [6.45, 7) is 3.21. The molecule has 1 saturated heterocycles. The number of hydrogen-bond acceptors (Lipinski definition) is 4. The number of carbonyl (C=O) groups excluding carboxylic acids is 1. The van der Waals surface area contributed by atoms with Gasteiger partial charge in [0.25, 0.3) is 5.91 Å². The van der Waals surface area contributed by atoms with Crippen LogP contribution in [0.3, 0.4) is 0 Å².